The summed E-state index contributed by atoms with van der Waals surface area (Å²) in [5.41, 5.74) is 6.55. The predicted molar refractivity (Wildman–Crippen MR) is 69.4 cm³/mol. The third kappa shape index (κ3) is 6.94. The molecule has 0 amide bonds. The minimum Gasteiger partial charge on any atom is -0.491 e. The molecule has 0 radical (unpaired) electrons. The second-order valence-electron chi connectivity index (χ2n) is 3.82. The molecule has 0 unspecified atom stereocenters. The van der Waals surface area contributed by atoms with Crippen LogP contribution in [0, 0.1) is 6.92 Å². The molecule has 0 aromatic heterocycles. The molecule has 0 atom stereocenters. The molecule has 0 aliphatic rings. The molecule has 1 aromatic rings. The summed E-state index contributed by atoms with van der Waals surface area (Å²) in [7, 11) is 0. The summed E-state index contributed by atoms with van der Waals surface area (Å²) in [6.45, 7) is 6.27. The number of hydrogen-bond acceptors (Lipinski definition) is 4. The van der Waals surface area contributed by atoms with Crippen LogP contribution < -0.4 is 15.8 Å². The monoisotopic (exact) mass is 238 g/mol. The molecule has 0 saturated carbocycles. The summed E-state index contributed by atoms with van der Waals surface area (Å²) in [5, 5.41) is 3.16. The molecule has 0 aliphatic carbocycles. The summed E-state index contributed by atoms with van der Waals surface area (Å²) in [6, 6.07) is 8.01. The predicted octanol–water partition coefficient (Wildman–Crippen LogP) is 0.939. The highest BCUT2D eigenvalue weighted by Crippen LogP contribution is 2.11. The van der Waals surface area contributed by atoms with Crippen molar-refractivity contribution in [3.8, 4) is 5.75 Å². The zero-order valence-electron chi connectivity index (χ0n) is 10.4. The zero-order chi connectivity index (χ0) is 12.3. The number of nitrogens with one attached hydrogen (secondary N) is 1. The molecule has 4 nitrogen and oxygen atoms in total. The zero-order valence-corrected chi connectivity index (χ0v) is 10.4. The smallest absolute Gasteiger partial charge is 0.119 e. The molecule has 0 saturated heterocycles. The number of rotatable bonds is 9. The highest BCUT2D eigenvalue weighted by Gasteiger charge is 1.94. The van der Waals surface area contributed by atoms with Gasteiger partial charge in [0.1, 0.15) is 12.4 Å². The van der Waals surface area contributed by atoms with Gasteiger partial charge in [-0.15, -0.1) is 0 Å². The fourth-order valence-corrected chi connectivity index (χ4v) is 1.40. The van der Waals surface area contributed by atoms with Gasteiger partial charge in [0.2, 0.25) is 0 Å². The van der Waals surface area contributed by atoms with Crippen molar-refractivity contribution in [2.24, 2.45) is 5.73 Å². The van der Waals surface area contributed by atoms with Gasteiger partial charge in [-0.3, -0.25) is 0 Å². The van der Waals surface area contributed by atoms with Crippen LogP contribution >= 0.6 is 0 Å². The summed E-state index contributed by atoms with van der Waals surface area (Å²) in [5.74, 6) is 0.898. The maximum Gasteiger partial charge on any atom is 0.119 e. The third-order valence-corrected chi connectivity index (χ3v) is 2.23. The highest BCUT2D eigenvalue weighted by atomic mass is 16.5. The van der Waals surface area contributed by atoms with Crippen molar-refractivity contribution in [2.75, 3.05) is 39.5 Å². The van der Waals surface area contributed by atoms with Crippen LogP contribution in [-0.2, 0) is 4.74 Å². The van der Waals surface area contributed by atoms with Crippen LogP contribution in [-0.4, -0.2) is 39.5 Å². The van der Waals surface area contributed by atoms with Crippen molar-refractivity contribution >= 4 is 0 Å². The van der Waals surface area contributed by atoms with Crippen molar-refractivity contribution in [3.63, 3.8) is 0 Å². The molecular formula is C13H22N2O2. The van der Waals surface area contributed by atoms with Gasteiger partial charge in [0.25, 0.3) is 0 Å². The van der Waals surface area contributed by atoms with E-state index >= 15 is 0 Å². The first-order chi connectivity index (χ1) is 8.33. The summed E-state index contributed by atoms with van der Waals surface area (Å²) >= 11 is 0. The van der Waals surface area contributed by atoms with Gasteiger partial charge >= 0.3 is 0 Å². The molecule has 4 heteroatoms. The Labute approximate surface area is 103 Å². The first-order valence-corrected chi connectivity index (χ1v) is 6.01. The van der Waals surface area contributed by atoms with Gasteiger partial charge in [-0.05, 0) is 24.6 Å². The van der Waals surface area contributed by atoms with Gasteiger partial charge in [-0.25, -0.2) is 0 Å². The lowest BCUT2D eigenvalue weighted by Gasteiger charge is -2.08. The summed E-state index contributed by atoms with van der Waals surface area (Å²) in [4.78, 5) is 0. The third-order valence-electron chi connectivity index (χ3n) is 2.23. The fraction of sp³-hybridized carbons (Fsp3) is 0.538. The van der Waals surface area contributed by atoms with Crippen LogP contribution in [0.3, 0.4) is 0 Å². The van der Waals surface area contributed by atoms with E-state index in [4.69, 9.17) is 15.2 Å². The SMILES string of the molecule is Cc1cccc(OCCOCCNCCN)c1. The van der Waals surface area contributed by atoms with E-state index in [1.54, 1.807) is 0 Å². The Hall–Kier alpha value is -1.10. The van der Waals surface area contributed by atoms with Gasteiger partial charge in [0.15, 0.2) is 0 Å². The Morgan fingerprint density at radius 3 is 2.82 bits per heavy atom. The van der Waals surface area contributed by atoms with Crippen molar-refractivity contribution in [1.29, 1.82) is 0 Å². The van der Waals surface area contributed by atoms with E-state index in [0.717, 1.165) is 18.8 Å². The fourth-order valence-electron chi connectivity index (χ4n) is 1.40. The van der Waals surface area contributed by atoms with Crippen molar-refractivity contribution in [3.05, 3.63) is 29.8 Å². The molecule has 1 rings (SSSR count). The van der Waals surface area contributed by atoms with Gasteiger partial charge in [-0.1, -0.05) is 12.1 Å². The van der Waals surface area contributed by atoms with Crippen LogP contribution in [0.15, 0.2) is 24.3 Å². The van der Waals surface area contributed by atoms with Gasteiger partial charge in [0, 0.05) is 19.6 Å². The molecule has 0 bridgehead atoms. The molecule has 17 heavy (non-hydrogen) atoms. The van der Waals surface area contributed by atoms with Gasteiger partial charge in [0.05, 0.1) is 13.2 Å². The average molecular weight is 238 g/mol. The average Bonchev–Trinajstić information content (AvgIpc) is 2.33. The molecule has 0 spiro atoms. The topological polar surface area (TPSA) is 56.5 Å². The lowest BCUT2D eigenvalue weighted by Crippen LogP contribution is -2.26. The molecule has 1 aromatic carbocycles. The van der Waals surface area contributed by atoms with E-state index in [-0.39, 0.29) is 0 Å². The summed E-state index contributed by atoms with van der Waals surface area (Å²) in [6.07, 6.45) is 0. The molecule has 0 fully saturated rings. The lowest BCUT2D eigenvalue weighted by atomic mass is 10.2. The first-order valence-electron chi connectivity index (χ1n) is 6.01. The second kappa shape index (κ2) is 8.98. The Morgan fingerprint density at radius 1 is 1.18 bits per heavy atom. The van der Waals surface area contributed by atoms with Crippen LogP contribution in [0.25, 0.3) is 0 Å². The Bertz CT molecular complexity index is 305. The normalized spacial score (nSPS) is 10.5. The van der Waals surface area contributed by atoms with Crippen molar-refractivity contribution in [2.45, 2.75) is 6.92 Å². The molecular weight excluding hydrogens is 216 g/mol. The van der Waals surface area contributed by atoms with E-state index in [0.29, 0.717) is 26.4 Å². The van der Waals surface area contributed by atoms with E-state index in [2.05, 4.69) is 5.32 Å². The standard InChI is InChI=1S/C13H22N2O2/c1-12-3-2-4-13(11-12)17-10-9-16-8-7-15-6-5-14/h2-4,11,15H,5-10,14H2,1H3. The van der Waals surface area contributed by atoms with Crippen LogP contribution in [0.1, 0.15) is 5.56 Å². The minimum absolute atomic E-state index is 0.584. The Kier molecular flexibility index (Phi) is 7.38. The van der Waals surface area contributed by atoms with Crippen molar-refractivity contribution < 1.29 is 9.47 Å². The highest BCUT2D eigenvalue weighted by molar-refractivity contribution is 5.27. The summed E-state index contributed by atoms with van der Waals surface area (Å²) < 4.78 is 11.0. The molecule has 0 aliphatic heterocycles. The second-order valence-corrected chi connectivity index (χ2v) is 3.82. The molecule has 96 valence electrons. The van der Waals surface area contributed by atoms with Gasteiger partial charge in [-0.2, -0.15) is 0 Å². The van der Waals surface area contributed by atoms with Crippen LogP contribution in [0.4, 0.5) is 0 Å². The number of benzene rings is 1. The number of aryl methyl sites for hydroxylation is 1. The number of nitrogens with two attached hydrogens (primary N) is 1. The van der Waals surface area contributed by atoms with Crippen LogP contribution in [0.5, 0.6) is 5.75 Å². The largest absolute Gasteiger partial charge is 0.491 e. The minimum atomic E-state index is 0.584. The van der Waals surface area contributed by atoms with E-state index in [9.17, 15) is 0 Å². The van der Waals surface area contributed by atoms with E-state index < -0.39 is 0 Å². The molecule has 0 heterocycles. The number of ether oxygens (including phenoxy) is 2. The maximum absolute atomic E-state index is 5.55. The first kappa shape index (κ1) is 14.0. The van der Waals surface area contributed by atoms with E-state index in [1.165, 1.54) is 5.56 Å². The number of hydrogen-bond donors (Lipinski definition) is 2. The lowest BCUT2D eigenvalue weighted by molar-refractivity contribution is 0.102. The Morgan fingerprint density at radius 2 is 2.06 bits per heavy atom. The maximum atomic E-state index is 5.55. The van der Waals surface area contributed by atoms with E-state index in [1.807, 2.05) is 31.2 Å². The Balaban J connectivity index is 1.97. The van der Waals surface area contributed by atoms with Crippen molar-refractivity contribution in [1.82, 2.24) is 5.32 Å². The quantitative estimate of drug-likeness (QED) is 0.629. The van der Waals surface area contributed by atoms with Crippen LogP contribution in [0.2, 0.25) is 0 Å². The van der Waals surface area contributed by atoms with Gasteiger partial charge < -0.3 is 20.5 Å². The molecule has 3 N–H and O–H groups in total.